The van der Waals surface area contributed by atoms with E-state index in [1.807, 2.05) is 29.6 Å². The van der Waals surface area contributed by atoms with E-state index in [0.29, 0.717) is 0 Å². The van der Waals surface area contributed by atoms with E-state index in [1.54, 1.807) is 0 Å². The van der Waals surface area contributed by atoms with Crippen molar-refractivity contribution in [2.24, 2.45) is 0 Å². The van der Waals surface area contributed by atoms with Crippen molar-refractivity contribution in [1.29, 1.82) is 0 Å². The van der Waals surface area contributed by atoms with Crippen molar-refractivity contribution >= 4 is 33.2 Å². The second-order valence-corrected chi connectivity index (χ2v) is 7.91. The summed E-state index contributed by atoms with van der Waals surface area (Å²) in [7, 11) is 2.15. The molecule has 1 unspecified atom stereocenters. The lowest BCUT2D eigenvalue weighted by atomic mass is 10.1. The molecule has 1 aliphatic heterocycles. The first-order valence-corrected chi connectivity index (χ1v) is 9.80. The maximum atomic E-state index is 12.6. The molecule has 1 saturated heterocycles. The lowest BCUT2D eigenvalue weighted by Gasteiger charge is -2.35. The van der Waals surface area contributed by atoms with E-state index >= 15 is 0 Å². The number of amides is 1. The highest BCUT2D eigenvalue weighted by Gasteiger charge is 2.22. The number of likely N-dealkylation sites (N-methyl/N-ethyl adjacent to an activating group) is 1. The fourth-order valence-corrected chi connectivity index (χ4v) is 4.34. The summed E-state index contributed by atoms with van der Waals surface area (Å²) < 4.78 is 0.858. The minimum absolute atomic E-state index is 0.00361. The lowest BCUT2D eigenvalue weighted by molar-refractivity contribution is 0.0910. The molecule has 3 rings (SSSR count). The van der Waals surface area contributed by atoms with Gasteiger partial charge in [0.05, 0.1) is 6.04 Å². The van der Waals surface area contributed by atoms with Gasteiger partial charge in [-0.05, 0) is 40.0 Å². The topological polar surface area (TPSA) is 35.6 Å². The second kappa shape index (κ2) is 8.25. The highest BCUT2D eigenvalue weighted by molar-refractivity contribution is 9.10. The van der Waals surface area contributed by atoms with Gasteiger partial charge in [-0.3, -0.25) is 9.69 Å². The Morgan fingerprint density at radius 2 is 1.92 bits per heavy atom. The van der Waals surface area contributed by atoms with E-state index in [9.17, 15) is 4.79 Å². The molecule has 0 radical (unpaired) electrons. The van der Waals surface area contributed by atoms with Crippen LogP contribution in [0, 0.1) is 0 Å². The summed E-state index contributed by atoms with van der Waals surface area (Å²) in [4.78, 5) is 18.2. The summed E-state index contributed by atoms with van der Waals surface area (Å²) in [5.41, 5.74) is 1.15. The molecule has 6 heteroatoms. The van der Waals surface area contributed by atoms with Gasteiger partial charge >= 0.3 is 0 Å². The number of halogens is 1. The van der Waals surface area contributed by atoms with Gasteiger partial charge in [-0.15, -0.1) is 11.3 Å². The van der Waals surface area contributed by atoms with Gasteiger partial charge in [-0.2, -0.15) is 0 Å². The number of rotatable bonds is 5. The van der Waals surface area contributed by atoms with E-state index < -0.39 is 0 Å². The predicted octanol–water partition coefficient (Wildman–Crippen LogP) is 3.23. The molecule has 1 atom stereocenters. The third-order valence-electron chi connectivity index (χ3n) is 4.37. The van der Waals surface area contributed by atoms with E-state index in [1.165, 1.54) is 11.3 Å². The van der Waals surface area contributed by atoms with Crippen LogP contribution in [0.25, 0.3) is 0 Å². The summed E-state index contributed by atoms with van der Waals surface area (Å²) in [6.07, 6.45) is 0. The monoisotopic (exact) mass is 407 g/mol. The molecular weight excluding hydrogens is 386 g/mol. The Bertz CT molecular complexity index is 668. The van der Waals surface area contributed by atoms with Crippen molar-refractivity contribution in [1.82, 2.24) is 15.1 Å². The largest absolute Gasteiger partial charge is 0.343 e. The summed E-state index contributed by atoms with van der Waals surface area (Å²) in [5, 5.41) is 5.15. The maximum Gasteiger partial charge on any atom is 0.263 e. The molecule has 2 heterocycles. The van der Waals surface area contributed by atoms with Crippen molar-refractivity contribution < 1.29 is 4.79 Å². The first-order valence-electron chi connectivity index (χ1n) is 8.13. The van der Waals surface area contributed by atoms with Gasteiger partial charge in [-0.25, -0.2) is 0 Å². The Labute approximate surface area is 155 Å². The minimum Gasteiger partial charge on any atom is -0.343 e. The molecule has 128 valence electrons. The van der Waals surface area contributed by atoms with Crippen LogP contribution >= 0.6 is 27.3 Å². The molecule has 1 amide bonds. The quantitative estimate of drug-likeness (QED) is 0.825. The normalized spacial score (nSPS) is 17.6. The van der Waals surface area contributed by atoms with Gasteiger partial charge < -0.3 is 10.2 Å². The summed E-state index contributed by atoms with van der Waals surface area (Å²) >= 11 is 4.91. The third-order valence-corrected chi connectivity index (χ3v) is 6.20. The molecule has 0 bridgehead atoms. The minimum atomic E-state index is -0.0140. The van der Waals surface area contributed by atoms with Crippen molar-refractivity contribution in [3.05, 3.63) is 56.7 Å². The molecule has 2 aromatic rings. The number of piperazine rings is 1. The Morgan fingerprint density at radius 1 is 1.21 bits per heavy atom. The molecule has 1 fully saturated rings. The zero-order valence-electron chi connectivity index (χ0n) is 13.7. The number of thiophene rings is 1. The molecule has 1 aromatic carbocycles. The molecule has 24 heavy (non-hydrogen) atoms. The number of nitrogens with zero attached hydrogens (tertiary/aromatic N) is 2. The Kier molecular flexibility index (Phi) is 6.05. The molecule has 0 aliphatic carbocycles. The van der Waals surface area contributed by atoms with Crippen LogP contribution in [0.3, 0.4) is 0 Å². The predicted molar refractivity (Wildman–Crippen MR) is 103 cm³/mol. The highest BCUT2D eigenvalue weighted by Crippen LogP contribution is 2.24. The average Bonchev–Trinajstić information content (AvgIpc) is 3.03. The zero-order valence-corrected chi connectivity index (χ0v) is 16.1. The summed E-state index contributed by atoms with van der Waals surface area (Å²) in [6, 6.07) is 12.1. The second-order valence-electron chi connectivity index (χ2n) is 6.14. The zero-order chi connectivity index (χ0) is 16.9. The SMILES string of the molecule is CN1CCN(CC(NC(=O)c2sccc2Br)c2ccccc2)CC1. The van der Waals surface area contributed by atoms with E-state index in [-0.39, 0.29) is 11.9 Å². The third kappa shape index (κ3) is 4.45. The van der Waals surface area contributed by atoms with Gasteiger partial charge in [0.25, 0.3) is 5.91 Å². The van der Waals surface area contributed by atoms with Crippen LogP contribution in [0.5, 0.6) is 0 Å². The smallest absolute Gasteiger partial charge is 0.263 e. The van der Waals surface area contributed by atoms with Crippen LogP contribution in [0.2, 0.25) is 0 Å². The van der Waals surface area contributed by atoms with Crippen LogP contribution < -0.4 is 5.32 Å². The average molecular weight is 408 g/mol. The number of carbonyl (C=O) groups is 1. The number of benzene rings is 1. The molecule has 1 aliphatic rings. The number of hydrogen-bond acceptors (Lipinski definition) is 4. The number of carbonyl (C=O) groups excluding carboxylic acids is 1. The van der Waals surface area contributed by atoms with Gasteiger partial charge in [-0.1, -0.05) is 30.3 Å². The van der Waals surface area contributed by atoms with Gasteiger partial charge in [0, 0.05) is 37.2 Å². The van der Waals surface area contributed by atoms with Crippen LogP contribution in [0.1, 0.15) is 21.3 Å². The van der Waals surface area contributed by atoms with E-state index in [4.69, 9.17) is 0 Å². The van der Waals surface area contributed by atoms with E-state index in [2.05, 4.69) is 50.2 Å². The first-order chi connectivity index (χ1) is 11.6. The Hall–Kier alpha value is -1.21. The fourth-order valence-electron chi connectivity index (χ4n) is 2.89. The lowest BCUT2D eigenvalue weighted by Crippen LogP contribution is -2.47. The maximum absolute atomic E-state index is 12.6. The van der Waals surface area contributed by atoms with Crippen LogP contribution in [0.4, 0.5) is 0 Å². The van der Waals surface area contributed by atoms with Crippen molar-refractivity contribution in [2.75, 3.05) is 39.8 Å². The first kappa shape index (κ1) is 17.6. The van der Waals surface area contributed by atoms with Crippen molar-refractivity contribution in [3.8, 4) is 0 Å². The van der Waals surface area contributed by atoms with Gasteiger partial charge in [0.15, 0.2) is 0 Å². The molecule has 4 nitrogen and oxygen atoms in total. The standard InChI is InChI=1S/C18H22BrN3OS/c1-21-8-10-22(11-9-21)13-16(14-5-3-2-4-6-14)20-18(23)17-15(19)7-12-24-17/h2-7,12,16H,8-11,13H2,1H3,(H,20,23). The van der Waals surface area contributed by atoms with Gasteiger partial charge in [0.1, 0.15) is 4.88 Å². The number of nitrogens with one attached hydrogen (secondary N) is 1. The fraction of sp³-hybridized carbons (Fsp3) is 0.389. The van der Waals surface area contributed by atoms with Crippen LogP contribution in [-0.4, -0.2) is 55.5 Å². The van der Waals surface area contributed by atoms with Crippen molar-refractivity contribution in [2.45, 2.75) is 6.04 Å². The summed E-state index contributed by atoms with van der Waals surface area (Å²) in [5.74, 6) is -0.0140. The van der Waals surface area contributed by atoms with Crippen LogP contribution in [0.15, 0.2) is 46.3 Å². The van der Waals surface area contributed by atoms with Crippen LogP contribution in [-0.2, 0) is 0 Å². The molecule has 1 N–H and O–H groups in total. The molecule has 0 saturated carbocycles. The van der Waals surface area contributed by atoms with Crippen molar-refractivity contribution in [3.63, 3.8) is 0 Å². The van der Waals surface area contributed by atoms with E-state index in [0.717, 1.165) is 47.6 Å². The molecular formula is C18H22BrN3OS. The van der Waals surface area contributed by atoms with Gasteiger partial charge in [0.2, 0.25) is 0 Å². The molecule has 1 aromatic heterocycles. The Balaban J connectivity index is 1.73. The summed E-state index contributed by atoms with van der Waals surface area (Å²) in [6.45, 7) is 5.07. The number of hydrogen-bond donors (Lipinski definition) is 1. The Morgan fingerprint density at radius 3 is 2.54 bits per heavy atom. The molecule has 0 spiro atoms. The highest BCUT2D eigenvalue weighted by atomic mass is 79.9.